The third-order valence-corrected chi connectivity index (χ3v) is 5.23. The van der Waals surface area contributed by atoms with Crippen LogP contribution in [0.5, 0.6) is 0 Å². The second kappa shape index (κ2) is 36.4. The average molecular weight is 431 g/mol. The molecule has 0 saturated heterocycles. The van der Waals surface area contributed by atoms with Gasteiger partial charge >= 0.3 is 0 Å². The molecule has 0 radical (unpaired) electrons. The molecule has 0 bridgehead atoms. The average Bonchev–Trinajstić information content (AvgIpc) is 2.71. The predicted octanol–water partition coefficient (Wildman–Crippen LogP) is 12.5. The topological polar surface area (TPSA) is 0 Å². The summed E-state index contributed by atoms with van der Waals surface area (Å²) in [7, 11) is 0. The van der Waals surface area contributed by atoms with Crippen LogP contribution in [0.2, 0.25) is 0 Å². The van der Waals surface area contributed by atoms with Gasteiger partial charge in [0.05, 0.1) is 0 Å². The van der Waals surface area contributed by atoms with Crippen LogP contribution in [0.25, 0.3) is 0 Å². The van der Waals surface area contributed by atoms with Crippen LogP contribution < -0.4 is 0 Å². The summed E-state index contributed by atoms with van der Waals surface area (Å²) in [5, 5.41) is 0. The maximum absolute atomic E-state index is 2.28. The first-order chi connectivity index (χ1) is 14.0. The Morgan fingerprint density at radius 1 is 0.500 bits per heavy atom. The highest BCUT2D eigenvalue weighted by atomic mass is 14.1. The van der Waals surface area contributed by atoms with Crippen molar-refractivity contribution in [1.82, 2.24) is 0 Å². The van der Waals surface area contributed by atoms with Crippen molar-refractivity contribution in [3.8, 4) is 0 Å². The molecule has 190 valence electrons. The fourth-order valence-electron chi connectivity index (χ4n) is 1.87. The zero-order valence-electron chi connectivity index (χ0n) is 24.8. The van der Waals surface area contributed by atoms with Crippen LogP contribution >= 0.6 is 0 Å². The van der Waals surface area contributed by atoms with Crippen LogP contribution in [0.15, 0.2) is 0 Å². The minimum atomic E-state index is 0.542. The molecular formula is C30H70. The largest absolute Gasteiger partial charge is 0.0654 e. The van der Waals surface area contributed by atoms with Crippen molar-refractivity contribution in [1.29, 1.82) is 0 Å². The summed E-state index contributed by atoms with van der Waals surface area (Å²) < 4.78 is 0. The number of hydrogen-bond acceptors (Lipinski definition) is 0. The second-order valence-corrected chi connectivity index (χ2v) is 10.4. The second-order valence-electron chi connectivity index (χ2n) is 10.4. The SMILES string of the molecule is CCC(C)(C)C.CCC(C)CC.CCCC(C)C.CCCCCC.CCCCCC. The Hall–Kier alpha value is 0. The van der Waals surface area contributed by atoms with Gasteiger partial charge in [-0.1, -0.05) is 180 Å². The van der Waals surface area contributed by atoms with Gasteiger partial charge in [-0.15, -0.1) is 0 Å². The van der Waals surface area contributed by atoms with Crippen molar-refractivity contribution in [2.75, 3.05) is 0 Å². The van der Waals surface area contributed by atoms with E-state index in [1.54, 1.807) is 0 Å². The van der Waals surface area contributed by atoms with Gasteiger partial charge in [0.1, 0.15) is 0 Å². The molecule has 0 unspecified atom stereocenters. The highest BCUT2D eigenvalue weighted by Gasteiger charge is 2.03. The minimum Gasteiger partial charge on any atom is -0.0654 e. The van der Waals surface area contributed by atoms with Gasteiger partial charge in [-0.3, -0.25) is 0 Å². The van der Waals surface area contributed by atoms with E-state index in [-0.39, 0.29) is 0 Å². The molecule has 0 aliphatic carbocycles. The number of hydrogen-bond donors (Lipinski definition) is 0. The summed E-state index contributed by atoms with van der Waals surface area (Å²) in [6.45, 7) is 31.3. The lowest BCUT2D eigenvalue weighted by Crippen LogP contribution is -2.00. The van der Waals surface area contributed by atoms with Crippen LogP contribution in [0, 0.1) is 17.3 Å². The van der Waals surface area contributed by atoms with Crippen molar-refractivity contribution in [2.24, 2.45) is 17.3 Å². The molecule has 0 aliphatic rings. The lowest BCUT2D eigenvalue weighted by atomic mass is 9.94. The quantitative estimate of drug-likeness (QED) is 0.302. The molecule has 0 aromatic carbocycles. The molecule has 0 nitrogen and oxygen atoms in total. The maximum atomic E-state index is 2.28. The van der Waals surface area contributed by atoms with E-state index in [2.05, 4.69) is 96.9 Å². The lowest BCUT2D eigenvalue weighted by molar-refractivity contribution is 0.398. The first-order valence-electron chi connectivity index (χ1n) is 14.0. The van der Waals surface area contributed by atoms with Crippen LogP contribution in [0.4, 0.5) is 0 Å². The fourth-order valence-corrected chi connectivity index (χ4v) is 1.87. The molecule has 0 amide bonds. The summed E-state index contributed by atoms with van der Waals surface area (Å²) >= 11 is 0. The van der Waals surface area contributed by atoms with E-state index in [0.717, 1.165) is 11.8 Å². The Labute approximate surface area is 197 Å². The highest BCUT2D eigenvalue weighted by Crippen LogP contribution is 2.16. The molecule has 0 heterocycles. The smallest absolute Gasteiger partial charge is 0.0385 e. The maximum Gasteiger partial charge on any atom is -0.0385 e. The van der Waals surface area contributed by atoms with E-state index in [0.29, 0.717) is 5.41 Å². The highest BCUT2D eigenvalue weighted by molar-refractivity contribution is 4.55. The molecule has 0 fully saturated rings. The van der Waals surface area contributed by atoms with Gasteiger partial charge in [-0.2, -0.15) is 0 Å². The summed E-state index contributed by atoms with van der Waals surface area (Å²) in [5.74, 6) is 1.83. The monoisotopic (exact) mass is 431 g/mol. The van der Waals surface area contributed by atoms with Gasteiger partial charge in [0.15, 0.2) is 0 Å². The molecular weight excluding hydrogens is 360 g/mol. The molecule has 0 saturated carbocycles. The third kappa shape index (κ3) is 79.7. The van der Waals surface area contributed by atoms with E-state index < -0.39 is 0 Å². The van der Waals surface area contributed by atoms with Crippen LogP contribution in [-0.2, 0) is 0 Å². The molecule has 0 spiro atoms. The van der Waals surface area contributed by atoms with Crippen molar-refractivity contribution >= 4 is 0 Å². The number of rotatable bonds is 10. The van der Waals surface area contributed by atoms with Crippen molar-refractivity contribution < 1.29 is 0 Å². The number of unbranched alkanes of at least 4 members (excludes halogenated alkanes) is 6. The van der Waals surface area contributed by atoms with Gasteiger partial charge in [-0.05, 0) is 17.3 Å². The van der Waals surface area contributed by atoms with Crippen LogP contribution in [0.1, 0.15) is 180 Å². The molecule has 0 aliphatic heterocycles. The standard InChI is InChI=1S/5C6H14/c1-5-6(2,3)4;1-4-5-6(2)3;1-4-6(3)5-2;2*1-3-5-6-4-2/h5H2,1-4H3;2*6H,4-5H2,1-3H3;2*3-6H2,1-2H3. The molecule has 0 atom stereocenters. The summed E-state index contributed by atoms with van der Waals surface area (Å²) in [4.78, 5) is 0. The first-order valence-corrected chi connectivity index (χ1v) is 14.0. The van der Waals surface area contributed by atoms with E-state index in [4.69, 9.17) is 0 Å². The fraction of sp³-hybridized carbons (Fsp3) is 1.00. The third-order valence-electron chi connectivity index (χ3n) is 5.23. The Morgan fingerprint density at radius 2 is 0.767 bits per heavy atom. The van der Waals surface area contributed by atoms with E-state index in [9.17, 15) is 0 Å². The van der Waals surface area contributed by atoms with Crippen LogP contribution in [-0.4, -0.2) is 0 Å². The van der Waals surface area contributed by atoms with Crippen molar-refractivity contribution in [2.45, 2.75) is 180 Å². The first kappa shape index (κ1) is 40.4. The zero-order valence-corrected chi connectivity index (χ0v) is 24.8. The molecule has 0 heteroatoms. The van der Waals surface area contributed by atoms with Gasteiger partial charge < -0.3 is 0 Å². The Morgan fingerprint density at radius 3 is 0.800 bits per heavy atom. The molecule has 0 N–H and O–H groups in total. The van der Waals surface area contributed by atoms with Gasteiger partial charge in [-0.25, -0.2) is 0 Å². The lowest BCUT2D eigenvalue weighted by Gasteiger charge is -2.12. The van der Waals surface area contributed by atoms with Gasteiger partial charge in [0.2, 0.25) is 0 Å². The summed E-state index contributed by atoms with van der Waals surface area (Å²) in [6, 6.07) is 0. The van der Waals surface area contributed by atoms with E-state index in [1.807, 2.05) is 0 Å². The zero-order chi connectivity index (χ0) is 24.8. The molecule has 0 aromatic rings. The van der Waals surface area contributed by atoms with Gasteiger partial charge in [0, 0.05) is 0 Å². The van der Waals surface area contributed by atoms with Crippen molar-refractivity contribution in [3.05, 3.63) is 0 Å². The summed E-state index contributed by atoms with van der Waals surface area (Å²) in [5.41, 5.74) is 0.542. The normalized spacial score (nSPS) is 10.0. The minimum absolute atomic E-state index is 0.542. The molecule has 30 heavy (non-hydrogen) atoms. The summed E-state index contributed by atoms with van der Waals surface area (Å²) in [6.07, 6.45) is 17.7. The predicted molar refractivity (Wildman–Crippen MR) is 149 cm³/mol. The van der Waals surface area contributed by atoms with Crippen LogP contribution in [0.3, 0.4) is 0 Å². The van der Waals surface area contributed by atoms with E-state index >= 15 is 0 Å². The molecule has 0 aromatic heterocycles. The molecule has 0 rings (SSSR count). The Balaban J connectivity index is -0.0000000868. The Bertz CT molecular complexity index is 201. The Kier molecular flexibility index (Phi) is 48.9. The van der Waals surface area contributed by atoms with E-state index in [1.165, 1.54) is 83.5 Å². The van der Waals surface area contributed by atoms with Crippen molar-refractivity contribution in [3.63, 3.8) is 0 Å². The van der Waals surface area contributed by atoms with Gasteiger partial charge in [0.25, 0.3) is 0 Å².